The second-order valence-electron chi connectivity index (χ2n) is 7.73. The van der Waals surface area contributed by atoms with Gasteiger partial charge in [-0.3, -0.25) is 5.10 Å². The summed E-state index contributed by atoms with van der Waals surface area (Å²) >= 11 is 0. The Morgan fingerprint density at radius 2 is 2.19 bits per heavy atom. The predicted octanol–water partition coefficient (Wildman–Crippen LogP) is 2.50. The Bertz CT molecular complexity index is 1430. The fraction of sp³-hybridized carbons (Fsp3) is 0.208. The van der Waals surface area contributed by atoms with Crippen molar-refractivity contribution < 1.29 is 0 Å². The van der Waals surface area contributed by atoms with Crippen LogP contribution in [0.3, 0.4) is 0 Å². The lowest BCUT2D eigenvalue weighted by Gasteiger charge is -2.14. The van der Waals surface area contributed by atoms with Crippen LogP contribution >= 0.6 is 0 Å². The molecule has 1 aliphatic heterocycles. The van der Waals surface area contributed by atoms with Gasteiger partial charge in [0.25, 0.3) is 0 Å². The molecule has 0 bridgehead atoms. The van der Waals surface area contributed by atoms with Gasteiger partial charge < -0.3 is 14.9 Å². The quantitative estimate of drug-likeness (QED) is 0.482. The number of hydrogen-bond acceptors (Lipinski definition) is 4. The molecule has 1 aliphatic rings. The minimum absolute atomic E-state index is 0.793. The first-order chi connectivity index (χ1) is 15.1. The van der Waals surface area contributed by atoms with Gasteiger partial charge >= 0.3 is 0 Å². The van der Waals surface area contributed by atoms with E-state index in [0.717, 1.165) is 63.9 Å². The van der Waals surface area contributed by atoms with Crippen molar-refractivity contribution in [2.75, 3.05) is 13.1 Å². The van der Waals surface area contributed by atoms with Crippen LogP contribution in [0.1, 0.15) is 19.0 Å². The smallest absolute Gasteiger partial charge is 0.139 e. The molecule has 4 aromatic heterocycles. The van der Waals surface area contributed by atoms with E-state index in [1.165, 1.54) is 11.1 Å². The van der Waals surface area contributed by atoms with Gasteiger partial charge in [-0.2, -0.15) is 5.10 Å². The maximum absolute atomic E-state index is 4.56. The van der Waals surface area contributed by atoms with E-state index in [1.54, 1.807) is 6.20 Å². The van der Waals surface area contributed by atoms with Crippen LogP contribution < -0.4 is 15.9 Å². The van der Waals surface area contributed by atoms with E-state index < -0.39 is 0 Å². The van der Waals surface area contributed by atoms with E-state index in [9.17, 15) is 0 Å². The number of hydrogen-bond donors (Lipinski definition) is 3. The third-order valence-corrected chi connectivity index (χ3v) is 5.68. The topological polar surface area (TPSA) is 87.2 Å². The first kappa shape index (κ1) is 19.3. The molecule has 0 saturated heterocycles. The van der Waals surface area contributed by atoms with Gasteiger partial charge in [-0.05, 0) is 56.2 Å². The molecule has 7 nitrogen and oxygen atoms in total. The summed E-state index contributed by atoms with van der Waals surface area (Å²) in [7, 11) is 0. The maximum Gasteiger partial charge on any atom is 0.139 e. The predicted molar refractivity (Wildman–Crippen MR) is 124 cm³/mol. The highest BCUT2D eigenvalue weighted by atomic mass is 15.1. The van der Waals surface area contributed by atoms with Crippen LogP contribution in [0.15, 0.2) is 54.2 Å². The molecule has 0 aliphatic carbocycles. The number of pyridine rings is 1. The molecule has 0 unspecified atom stereocenters. The summed E-state index contributed by atoms with van der Waals surface area (Å²) < 4.78 is 2.02. The Labute approximate surface area is 179 Å². The molecule has 0 spiro atoms. The van der Waals surface area contributed by atoms with E-state index in [0.29, 0.717) is 0 Å². The summed E-state index contributed by atoms with van der Waals surface area (Å²) in [5.41, 5.74) is 7.10. The van der Waals surface area contributed by atoms with Crippen molar-refractivity contribution in [1.29, 1.82) is 0 Å². The van der Waals surface area contributed by atoms with E-state index in [2.05, 4.69) is 68.3 Å². The van der Waals surface area contributed by atoms with Gasteiger partial charge in [0.05, 0.1) is 28.8 Å². The maximum atomic E-state index is 4.56. The average Bonchev–Trinajstić information content (AvgIpc) is 3.50. The molecule has 31 heavy (non-hydrogen) atoms. The molecule has 7 heteroatoms. The third-order valence-electron chi connectivity index (χ3n) is 5.68. The van der Waals surface area contributed by atoms with Gasteiger partial charge in [-0.15, -0.1) is 0 Å². The van der Waals surface area contributed by atoms with Crippen molar-refractivity contribution >= 4 is 23.7 Å². The van der Waals surface area contributed by atoms with Crippen LogP contribution in [0.25, 0.3) is 40.8 Å². The monoisotopic (exact) mass is 411 g/mol. The summed E-state index contributed by atoms with van der Waals surface area (Å²) in [6.07, 6.45) is 13.2. The zero-order valence-corrected chi connectivity index (χ0v) is 17.7. The summed E-state index contributed by atoms with van der Waals surface area (Å²) in [6.45, 7) is 10.1. The molecular weight excluding hydrogens is 386 g/mol. The van der Waals surface area contributed by atoms with Gasteiger partial charge in [0.2, 0.25) is 0 Å². The second kappa shape index (κ2) is 7.85. The minimum Gasteiger partial charge on any atom is -0.338 e. The number of rotatable bonds is 4. The zero-order chi connectivity index (χ0) is 21.4. The zero-order valence-electron chi connectivity index (χ0n) is 17.7. The van der Waals surface area contributed by atoms with Crippen molar-refractivity contribution in [1.82, 2.24) is 35.0 Å². The second-order valence-corrected chi connectivity index (χ2v) is 7.73. The van der Waals surface area contributed by atoms with E-state index >= 15 is 0 Å². The Hall–Kier alpha value is -3.71. The first-order valence-electron chi connectivity index (χ1n) is 10.4. The molecule has 156 valence electrons. The largest absolute Gasteiger partial charge is 0.338 e. The van der Waals surface area contributed by atoms with Crippen LogP contribution in [0.4, 0.5) is 0 Å². The molecule has 5 rings (SSSR count). The third kappa shape index (κ3) is 3.53. The summed E-state index contributed by atoms with van der Waals surface area (Å²) in [5, 5.41) is 13.8. The summed E-state index contributed by atoms with van der Waals surface area (Å²) in [5.74, 6) is 0. The number of fused-ring (bicyclic) bond motifs is 1. The van der Waals surface area contributed by atoms with Crippen LogP contribution in [0, 0.1) is 6.92 Å². The van der Waals surface area contributed by atoms with Crippen LogP contribution in [0.5, 0.6) is 0 Å². The van der Waals surface area contributed by atoms with Crippen molar-refractivity contribution in [2.24, 2.45) is 0 Å². The highest BCUT2D eigenvalue weighted by Gasteiger charge is 2.14. The molecule has 0 saturated carbocycles. The summed E-state index contributed by atoms with van der Waals surface area (Å²) in [4.78, 5) is 12.3. The van der Waals surface area contributed by atoms with Gasteiger partial charge in [0, 0.05) is 29.5 Å². The van der Waals surface area contributed by atoms with E-state index in [1.807, 2.05) is 30.1 Å². The van der Waals surface area contributed by atoms with Crippen LogP contribution in [-0.4, -0.2) is 42.8 Å². The standard InChI is InChI=1S/C24H25N7/c1-4-17(18-5-8-25-9-6-18)11-19-16(3)29-30-23(19)21-12-20-22(7-10-26-24(20)28-21)31-13-15(2)27-14-31/h4-5,7,10-14,25,29H,3,6,8-9H2,1-2H3,(H,26,28)/b17-4+,19-11+. The Kier molecular flexibility index (Phi) is 4.88. The average molecular weight is 412 g/mol. The summed E-state index contributed by atoms with van der Waals surface area (Å²) in [6, 6.07) is 4.09. The van der Waals surface area contributed by atoms with E-state index in [-0.39, 0.29) is 0 Å². The molecule has 0 fully saturated rings. The number of nitrogens with one attached hydrogen (secondary N) is 3. The first-order valence-corrected chi connectivity index (χ1v) is 10.4. The number of aryl methyl sites for hydroxylation is 1. The lowest BCUT2D eigenvalue weighted by atomic mass is 9.98. The molecule has 0 radical (unpaired) electrons. The van der Waals surface area contributed by atoms with Crippen molar-refractivity contribution in [2.45, 2.75) is 20.3 Å². The molecule has 0 amide bonds. The Balaban J connectivity index is 1.64. The van der Waals surface area contributed by atoms with Gasteiger partial charge in [0.15, 0.2) is 0 Å². The Morgan fingerprint density at radius 1 is 1.29 bits per heavy atom. The van der Waals surface area contributed by atoms with Gasteiger partial charge in [-0.1, -0.05) is 18.7 Å². The number of allylic oxidation sites excluding steroid dienone is 2. The Morgan fingerprint density at radius 3 is 2.94 bits per heavy atom. The lowest BCUT2D eigenvalue weighted by Crippen LogP contribution is -2.24. The van der Waals surface area contributed by atoms with Crippen molar-refractivity contribution in [3.63, 3.8) is 0 Å². The normalized spacial score (nSPS) is 15.6. The lowest BCUT2D eigenvalue weighted by molar-refractivity contribution is 0.710. The highest BCUT2D eigenvalue weighted by Crippen LogP contribution is 2.25. The SMILES string of the molecule is C=c1[nH]nc(-c2cc3c(-n4cnc(C)c4)ccnc3[nH]2)/c1=C/C(=C\C)C1=CCNCC1. The molecule has 3 N–H and O–H groups in total. The number of nitrogens with zero attached hydrogens (tertiary/aromatic N) is 4. The molecular formula is C24H25N7. The molecule has 0 atom stereocenters. The van der Waals surface area contributed by atoms with Gasteiger partial charge in [0.1, 0.15) is 11.3 Å². The minimum atomic E-state index is 0.793. The fourth-order valence-corrected chi connectivity index (χ4v) is 4.07. The number of imidazole rings is 1. The van der Waals surface area contributed by atoms with Crippen molar-refractivity contribution in [3.8, 4) is 17.1 Å². The number of H-pyrrole nitrogens is 2. The molecule has 4 aromatic rings. The van der Waals surface area contributed by atoms with Crippen molar-refractivity contribution in [3.05, 3.63) is 70.4 Å². The fourth-order valence-electron chi connectivity index (χ4n) is 4.07. The van der Waals surface area contributed by atoms with Gasteiger partial charge in [-0.25, -0.2) is 9.97 Å². The van der Waals surface area contributed by atoms with Crippen LogP contribution in [0.2, 0.25) is 0 Å². The highest BCUT2D eigenvalue weighted by molar-refractivity contribution is 5.89. The van der Waals surface area contributed by atoms with E-state index in [4.69, 9.17) is 0 Å². The molecule has 5 heterocycles. The molecule has 0 aromatic carbocycles. The number of aromatic amines is 2. The van der Waals surface area contributed by atoms with Crippen LogP contribution in [-0.2, 0) is 0 Å². The number of aromatic nitrogens is 6.